The lowest BCUT2D eigenvalue weighted by molar-refractivity contribution is 0.0948. The number of rotatable bonds is 7. The van der Waals surface area contributed by atoms with E-state index < -0.39 is 5.56 Å². The van der Waals surface area contributed by atoms with E-state index in [0.717, 1.165) is 4.88 Å². The Bertz CT molecular complexity index is 1500. The summed E-state index contributed by atoms with van der Waals surface area (Å²) in [6.45, 7) is 0.670. The molecular weight excluding hydrogens is 517 g/mol. The van der Waals surface area contributed by atoms with Gasteiger partial charge < -0.3 is 14.4 Å². The molecule has 0 bridgehead atoms. The second-order valence-corrected chi connectivity index (χ2v) is 10.1. The maximum absolute atomic E-state index is 13.1. The summed E-state index contributed by atoms with van der Waals surface area (Å²) >= 11 is 15.3. The Kier molecular flexibility index (Phi) is 6.38. The molecule has 0 saturated heterocycles. The van der Waals surface area contributed by atoms with Crippen molar-refractivity contribution in [2.24, 2.45) is 0 Å². The quantitative estimate of drug-likeness (QED) is 0.298. The average Bonchev–Trinajstić information content (AvgIpc) is 3.63. The van der Waals surface area contributed by atoms with E-state index in [0.29, 0.717) is 39.2 Å². The zero-order chi connectivity index (χ0) is 23.7. The second kappa shape index (κ2) is 9.59. The summed E-state index contributed by atoms with van der Waals surface area (Å²) in [7, 11) is 0. The van der Waals surface area contributed by atoms with Crippen molar-refractivity contribution in [1.29, 1.82) is 0 Å². The van der Waals surface area contributed by atoms with Crippen LogP contribution in [0.2, 0.25) is 9.36 Å². The van der Waals surface area contributed by atoms with E-state index in [-0.39, 0.29) is 17.5 Å². The fraction of sp³-hybridized carbons (Fsp3) is 0.0909. The van der Waals surface area contributed by atoms with Gasteiger partial charge in [0.1, 0.15) is 22.8 Å². The number of hydrogen-bond donors (Lipinski definition) is 1. The highest BCUT2D eigenvalue weighted by Gasteiger charge is 2.20. The lowest BCUT2D eigenvalue weighted by Crippen LogP contribution is -2.21. The second-order valence-electron chi connectivity index (χ2n) is 7.17. The number of nitrogens with zero attached hydrogens (tertiary/aromatic N) is 4. The largest absolute Gasteiger partial charge is 0.365 e. The molecule has 0 aliphatic rings. The van der Waals surface area contributed by atoms with Crippen LogP contribution >= 0.6 is 45.9 Å². The number of halogens is 2. The maximum Gasteiger partial charge on any atom is 0.280 e. The summed E-state index contributed by atoms with van der Waals surface area (Å²) in [6.07, 6.45) is 3.05. The Hall–Kier alpha value is -3.18. The molecule has 12 heteroatoms. The summed E-state index contributed by atoms with van der Waals surface area (Å²) < 4.78 is 8.21. The third-order valence-corrected chi connectivity index (χ3v) is 7.23. The molecule has 0 aliphatic carbocycles. The lowest BCUT2D eigenvalue weighted by Gasteiger charge is -2.07. The van der Waals surface area contributed by atoms with Gasteiger partial charge in [-0.15, -0.1) is 11.3 Å². The number of nitrogens with one attached hydrogen (secondary N) is 1. The average molecular weight is 532 g/mol. The molecule has 5 aromatic rings. The highest BCUT2D eigenvalue weighted by atomic mass is 35.5. The number of aromatic nitrogens is 4. The van der Waals surface area contributed by atoms with Crippen molar-refractivity contribution >= 4 is 57.6 Å². The maximum atomic E-state index is 13.1. The molecule has 0 amide bonds. The molecule has 0 aromatic carbocycles. The Balaban J connectivity index is 1.50. The van der Waals surface area contributed by atoms with Gasteiger partial charge in [0, 0.05) is 34.2 Å². The number of hydrogen-bond acceptors (Lipinski definition) is 8. The van der Waals surface area contributed by atoms with Crippen molar-refractivity contribution < 1.29 is 9.32 Å². The monoisotopic (exact) mass is 531 g/mol. The molecule has 1 N–H and O–H groups in total. The highest BCUT2D eigenvalue weighted by Crippen LogP contribution is 2.28. The highest BCUT2D eigenvalue weighted by molar-refractivity contribution is 7.16. The van der Waals surface area contributed by atoms with Gasteiger partial charge in [-0.3, -0.25) is 9.59 Å². The number of pyridine rings is 1. The van der Waals surface area contributed by atoms with Crippen LogP contribution in [0.15, 0.2) is 68.9 Å². The Labute approximate surface area is 211 Å². The molecule has 0 atom stereocenters. The fourth-order valence-corrected chi connectivity index (χ4v) is 5.21. The van der Waals surface area contributed by atoms with Crippen molar-refractivity contribution in [3.05, 3.63) is 95.5 Å². The normalized spacial score (nSPS) is 11.1. The van der Waals surface area contributed by atoms with Crippen LogP contribution < -0.4 is 10.9 Å². The molecule has 8 nitrogen and oxygen atoms in total. The van der Waals surface area contributed by atoms with Crippen LogP contribution in [0.3, 0.4) is 0 Å². The summed E-state index contributed by atoms with van der Waals surface area (Å²) in [6, 6.07) is 10.5. The van der Waals surface area contributed by atoms with Gasteiger partial charge in [-0.1, -0.05) is 28.4 Å². The van der Waals surface area contributed by atoms with Crippen molar-refractivity contribution in [3.63, 3.8) is 0 Å². The van der Waals surface area contributed by atoms with E-state index in [1.165, 1.54) is 38.2 Å². The molecule has 0 aliphatic heterocycles. The predicted molar refractivity (Wildman–Crippen MR) is 133 cm³/mol. The Morgan fingerprint density at radius 3 is 2.76 bits per heavy atom. The number of anilines is 1. The van der Waals surface area contributed by atoms with E-state index >= 15 is 0 Å². The van der Waals surface area contributed by atoms with E-state index in [4.69, 9.17) is 27.7 Å². The molecule has 0 saturated carbocycles. The van der Waals surface area contributed by atoms with E-state index in [2.05, 4.69) is 15.6 Å². The third kappa shape index (κ3) is 4.58. The summed E-state index contributed by atoms with van der Waals surface area (Å²) in [5.41, 5.74) is 1.52. The molecule has 0 unspecified atom stereocenters. The van der Waals surface area contributed by atoms with Gasteiger partial charge in [-0.05, 0) is 29.6 Å². The Morgan fingerprint density at radius 2 is 2.06 bits per heavy atom. The first-order valence-corrected chi connectivity index (χ1v) is 12.4. The molecule has 0 radical (unpaired) electrons. The van der Waals surface area contributed by atoms with Gasteiger partial charge in [-0.2, -0.15) is 21.1 Å². The van der Waals surface area contributed by atoms with Crippen LogP contribution in [0.4, 0.5) is 5.82 Å². The van der Waals surface area contributed by atoms with Crippen LogP contribution in [-0.4, -0.2) is 25.4 Å². The third-order valence-electron chi connectivity index (χ3n) is 4.95. The molecule has 5 rings (SSSR count). The van der Waals surface area contributed by atoms with Crippen LogP contribution in [0, 0.1) is 0 Å². The van der Waals surface area contributed by atoms with E-state index in [1.807, 2.05) is 17.5 Å². The zero-order valence-electron chi connectivity index (χ0n) is 17.3. The first-order chi connectivity index (χ1) is 16.5. The number of thiophene rings is 2. The summed E-state index contributed by atoms with van der Waals surface area (Å²) in [5.74, 6) is 0.174. The van der Waals surface area contributed by atoms with Gasteiger partial charge in [-0.25, -0.2) is 0 Å². The van der Waals surface area contributed by atoms with Crippen LogP contribution in [0.1, 0.15) is 20.9 Å². The summed E-state index contributed by atoms with van der Waals surface area (Å²) in [5, 5.41) is 15.1. The number of carbonyl (C=O) groups is 1. The van der Waals surface area contributed by atoms with Crippen LogP contribution in [0.5, 0.6) is 0 Å². The first kappa shape index (κ1) is 22.6. The SMILES string of the molecule is O=C(c1ccsc1)n1nc(-c2ccn(Cc3ccon3)c(=O)c2Cl)cc1NCc1ccc(Cl)s1. The molecule has 5 aromatic heterocycles. The van der Waals surface area contributed by atoms with Gasteiger partial charge in [0.05, 0.1) is 28.7 Å². The predicted octanol–water partition coefficient (Wildman–Crippen LogP) is 5.48. The van der Waals surface area contributed by atoms with Crippen LogP contribution in [-0.2, 0) is 13.1 Å². The van der Waals surface area contributed by atoms with Gasteiger partial charge in [0.15, 0.2) is 0 Å². The smallest absolute Gasteiger partial charge is 0.280 e. The van der Waals surface area contributed by atoms with Crippen molar-refractivity contribution in [2.75, 3.05) is 5.32 Å². The topological polar surface area (TPSA) is 94.9 Å². The number of carbonyl (C=O) groups excluding carboxylic acids is 1. The molecule has 0 fully saturated rings. The molecule has 172 valence electrons. The minimum Gasteiger partial charge on any atom is -0.365 e. The van der Waals surface area contributed by atoms with Gasteiger partial charge in [0.25, 0.3) is 11.5 Å². The van der Waals surface area contributed by atoms with Gasteiger partial charge >= 0.3 is 0 Å². The van der Waals surface area contributed by atoms with Crippen LogP contribution in [0.25, 0.3) is 11.3 Å². The van der Waals surface area contributed by atoms with Gasteiger partial charge in [0.2, 0.25) is 0 Å². The fourth-order valence-electron chi connectivity index (χ4n) is 3.29. The standard InChI is InChI=1S/C22H15Cl2N5O3S2/c23-18-2-1-15(34-18)10-25-19-9-17(26-29(19)21(30)13-5-8-33-12-13)16-3-6-28(22(31)20(16)24)11-14-4-7-32-27-14/h1-9,12,25H,10-11H2. The lowest BCUT2D eigenvalue weighted by atomic mass is 10.2. The van der Waals surface area contributed by atoms with E-state index in [9.17, 15) is 9.59 Å². The van der Waals surface area contributed by atoms with Crippen molar-refractivity contribution in [2.45, 2.75) is 13.1 Å². The molecule has 34 heavy (non-hydrogen) atoms. The molecule has 0 spiro atoms. The minimum atomic E-state index is -0.399. The van der Waals surface area contributed by atoms with Crippen molar-refractivity contribution in [1.82, 2.24) is 19.5 Å². The van der Waals surface area contributed by atoms with E-state index in [1.54, 1.807) is 35.8 Å². The first-order valence-electron chi connectivity index (χ1n) is 9.93. The Morgan fingerprint density at radius 1 is 1.18 bits per heavy atom. The zero-order valence-corrected chi connectivity index (χ0v) is 20.4. The summed E-state index contributed by atoms with van der Waals surface area (Å²) in [4.78, 5) is 27.0. The molecule has 5 heterocycles. The molecular formula is C22H15Cl2N5O3S2. The van der Waals surface area contributed by atoms with Crippen molar-refractivity contribution in [3.8, 4) is 11.3 Å². The minimum absolute atomic E-state index is 0.00443.